The maximum absolute atomic E-state index is 11.6. The number of unbranched alkanes of at least 4 members (excludes halogenated alkanes) is 4. The quantitative estimate of drug-likeness (QED) is 0.0625. The Kier molecular flexibility index (Phi) is 16.0. The molecule has 0 spiro atoms. The van der Waals surface area contributed by atoms with Gasteiger partial charge in [-0.1, -0.05) is 68.7 Å². The van der Waals surface area contributed by atoms with Gasteiger partial charge in [0.15, 0.2) is 12.0 Å². The van der Waals surface area contributed by atoms with Gasteiger partial charge in [-0.25, -0.2) is 9.97 Å². The highest BCUT2D eigenvalue weighted by atomic mass is 16.7. The fourth-order valence-electron chi connectivity index (χ4n) is 5.76. The average molecular weight is 693 g/mol. The van der Waals surface area contributed by atoms with Crippen LogP contribution in [-0.4, -0.2) is 106 Å². The second-order valence-electron chi connectivity index (χ2n) is 12.5. The summed E-state index contributed by atoms with van der Waals surface area (Å²) in [6, 6.07) is 17.3. The molecule has 1 aliphatic heterocycles. The number of hydrogen-bond acceptors (Lipinski definition) is 11. The standard InChI is InChI=1S/C37H52N6O7/c1-2-3-4-10-21-43(24-29(44)33(46)34-30(45)25-49-37(50-34)27-12-6-5-7-13-27)22-23-48-28-16-14-26(15-17-28)11-8-9-18-42-35(38)31-32(36(39)47)41-20-19-40-31/h5-7,12-17,19-20,29-30,33-34,37,44-46H,2-4,8-11,18,21-25H2,1H3,(H2,38,42)(H2,39,47)/t29-,30+,33+,34+,37?/m0/s1. The number of carbonyl (C=O) groups is 1. The van der Waals surface area contributed by atoms with Crippen molar-refractivity contribution in [3.05, 3.63) is 89.5 Å². The molecule has 13 heteroatoms. The zero-order valence-corrected chi connectivity index (χ0v) is 28.8. The third-order valence-corrected chi connectivity index (χ3v) is 8.58. The summed E-state index contributed by atoms with van der Waals surface area (Å²) in [6.45, 7) is 4.56. The molecule has 2 heterocycles. The first-order valence-electron chi connectivity index (χ1n) is 17.5. The van der Waals surface area contributed by atoms with Crippen molar-refractivity contribution in [2.75, 3.05) is 39.4 Å². The number of nitrogens with two attached hydrogens (primary N) is 2. The maximum Gasteiger partial charge on any atom is 0.269 e. The number of nitrogens with zero attached hydrogens (tertiary/aromatic N) is 4. The van der Waals surface area contributed by atoms with Crippen LogP contribution in [0.5, 0.6) is 5.75 Å². The van der Waals surface area contributed by atoms with Crippen molar-refractivity contribution in [3.63, 3.8) is 0 Å². The van der Waals surface area contributed by atoms with Crippen LogP contribution in [0.2, 0.25) is 0 Å². The van der Waals surface area contributed by atoms with Gasteiger partial charge in [0.2, 0.25) is 0 Å². The Labute approximate surface area is 294 Å². The molecule has 0 saturated carbocycles. The van der Waals surface area contributed by atoms with Crippen LogP contribution in [0.4, 0.5) is 0 Å². The van der Waals surface area contributed by atoms with E-state index in [2.05, 4.69) is 26.8 Å². The van der Waals surface area contributed by atoms with Crippen LogP contribution >= 0.6 is 0 Å². The van der Waals surface area contributed by atoms with Crippen LogP contribution in [0, 0.1) is 0 Å². The normalized spacial score (nSPS) is 19.3. The molecule has 4 rings (SSSR count). The summed E-state index contributed by atoms with van der Waals surface area (Å²) in [6.07, 6.45) is 4.43. The van der Waals surface area contributed by atoms with Gasteiger partial charge in [0.25, 0.3) is 5.91 Å². The molecule has 1 aliphatic rings. The van der Waals surface area contributed by atoms with Gasteiger partial charge >= 0.3 is 0 Å². The fourth-order valence-corrected chi connectivity index (χ4v) is 5.76. The van der Waals surface area contributed by atoms with Crippen LogP contribution in [-0.2, 0) is 15.9 Å². The Bertz CT molecular complexity index is 1460. The zero-order chi connectivity index (χ0) is 35.7. The lowest BCUT2D eigenvalue weighted by Gasteiger charge is -2.38. The first-order valence-corrected chi connectivity index (χ1v) is 17.5. The highest BCUT2D eigenvalue weighted by molar-refractivity contribution is 6.05. The Morgan fingerprint density at radius 1 is 0.980 bits per heavy atom. The molecule has 1 unspecified atom stereocenters. The lowest BCUT2D eigenvalue weighted by molar-refractivity contribution is -0.283. The number of benzene rings is 2. The number of rotatable bonds is 21. The number of primary amides is 1. The number of amidine groups is 1. The van der Waals surface area contributed by atoms with Crippen molar-refractivity contribution in [2.45, 2.75) is 82.6 Å². The summed E-state index contributed by atoms with van der Waals surface area (Å²) in [4.78, 5) is 26.0. The van der Waals surface area contributed by atoms with Gasteiger partial charge in [-0.3, -0.25) is 14.7 Å². The molecule has 1 amide bonds. The number of aromatic nitrogens is 2. The van der Waals surface area contributed by atoms with Crippen molar-refractivity contribution in [1.29, 1.82) is 0 Å². The molecule has 3 aromatic rings. The van der Waals surface area contributed by atoms with E-state index < -0.39 is 36.6 Å². The number of aryl methyl sites for hydroxylation is 1. The van der Waals surface area contributed by atoms with E-state index in [1.165, 1.54) is 18.0 Å². The molecule has 0 aliphatic carbocycles. The van der Waals surface area contributed by atoms with E-state index in [4.69, 9.17) is 25.7 Å². The minimum atomic E-state index is -1.30. The van der Waals surface area contributed by atoms with Crippen LogP contribution < -0.4 is 16.2 Å². The van der Waals surface area contributed by atoms with Gasteiger partial charge in [0.1, 0.15) is 42.2 Å². The molecule has 0 bridgehead atoms. The van der Waals surface area contributed by atoms with Gasteiger partial charge in [-0.05, 0) is 49.9 Å². The molecule has 5 atom stereocenters. The van der Waals surface area contributed by atoms with Crippen molar-refractivity contribution in [2.24, 2.45) is 16.5 Å². The van der Waals surface area contributed by atoms with Crippen LogP contribution in [0.3, 0.4) is 0 Å². The van der Waals surface area contributed by atoms with Crippen LogP contribution in [0.1, 0.15) is 79.0 Å². The van der Waals surface area contributed by atoms with Crippen molar-refractivity contribution >= 4 is 11.7 Å². The molecule has 0 radical (unpaired) electrons. The summed E-state index contributed by atoms with van der Waals surface area (Å²) >= 11 is 0. The largest absolute Gasteiger partial charge is 0.492 e. The number of aliphatic hydroxyl groups excluding tert-OH is 3. The monoisotopic (exact) mass is 692 g/mol. The molecule has 2 aromatic carbocycles. The number of carbonyl (C=O) groups excluding carboxylic acids is 1. The highest BCUT2D eigenvalue weighted by Crippen LogP contribution is 2.29. The maximum atomic E-state index is 11.6. The van der Waals surface area contributed by atoms with E-state index in [9.17, 15) is 20.1 Å². The number of aliphatic imine (C=N–C) groups is 1. The topological polar surface area (TPSA) is 199 Å². The second-order valence-corrected chi connectivity index (χ2v) is 12.5. The lowest BCUT2D eigenvalue weighted by Crippen LogP contribution is -2.54. The second kappa shape index (κ2) is 20.6. The van der Waals surface area contributed by atoms with E-state index in [0.29, 0.717) is 19.7 Å². The Morgan fingerprint density at radius 2 is 1.72 bits per heavy atom. The summed E-state index contributed by atoms with van der Waals surface area (Å²) < 4.78 is 17.6. The van der Waals surface area contributed by atoms with E-state index in [1.807, 2.05) is 54.6 Å². The lowest BCUT2D eigenvalue weighted by atomic mass is 10.0. The first-order chi connectivity index (χ1) is 24.3. The van der Waals surface area contributed by atoms with Crippen molar-refractivity contribution in [3.8, 4) is 5.75 Å². The average Bonchev–Trinajstić information content (AvgIpc) is 3.13. The van der Waals surface area contributed by atoms with Gasteiger partial charge in [-0.15, -0.1) is 0 Å². The Hall–Kier alpha value is -3.98. The molecule has 7 N–H and O–H groups in total. The van der Waals surface area contributed by atoms with Crippen LogP contribution in [0.25, 0.3) is 0 Å². The SMILES string of the molecule is CCCCCCN(CCOc1ccc(CCCCN=C(N)c2nccnc2C(N)=O)cc1)C[C@H](O)[C@@H](O)[C@@H]1OC(c2ccccc2)OC[C@H]1O. The molecular formula is C37H52N6O7. The minimum Gasteiger partial charge on any atom is -0.492 e. The third-order valence-electron chi connectivity index (χ3n) is 8.58. The third kappa shape index (κ3) is 12.1. The predicted molar refractivity (Wildman–Crippen MR) is 190 cm³/mol. The molecular weight excluding hydrogens is 640 g/mol. The van der Waals surface area contributed by atoms with Crippen LogP contribution in [0.15, 0.2) is 72.0 Å². The van der Waals surface area contributed by atoms with Crippen molar-refractivity contribution in [1.82, 2.24) is 14.9 Å². The molecule has 1 saturated heterocycles. The van der Waals surface area contributed by atoms with E-state index >= 15 is 0 Å². The van der Waals surface area contributed by atoms with E-state index in [0.717, 1.165) is 62.8 Å². The fraction of sp³-hybridized carbons (Fsp3) is 0.514. The molecule has 1 aromatic heterocycles. The van der Waals surface area contributed by atoms with E-state index in [1.54, 1.807) is 0 Å². The van der Waals surface area contributed by atoms with E-state index in [-0.39, 0.29) is 30.4 Å². The smallest absolute Gasteiger partial charge is 0.269 e. The first kappa shape index (κ1) is 38.8. The minimum absolute atomic E-state index is 0.00378. The molecule has 13 nitrogen and oxygen atoms in total. The molecule has 50 heavy (non-hydrogen) atoms. The number of ether oxygens (including phenoxy) is 3. The highest BCUT2D eigenvalue weighted by Gasteiger charge is 2.39. The Morgan fingerprint density at radius 3 is 2.44 bits per heavy atom. The van der Waals surface area contributed by atoms with Gasteiger partial charge < -0.3 is 41.0 Å². The summed E-state index contributed by atoms with van der Waals surface area (Å²) in [5, 5.41) is 32.7. The number of hydrogen-bond donors (Lipinski definition) is 5. The zero-order valence-electron chi connectivity index (χ0n) is 28.8. The molecule has 1 fully saturated rings. The number of aliphatic hydroxyl groups is 3. The van der Waals surface area contributed by atoms with Gasteiger partial charge in [-0.2, -0.15) is 0 Å². The summed E-state index contributed by atoms with van der Waals surface area (Å²) in [7, 11) is 0. The Balaban J connectivity index is 1.22. The van der Waals surface area contributed by atoms with Gasteiger partial charge in [0.05, 0.1) is 12.7 Å². The number of amides is 1. The molecule has 272 valence electrons. The summed E-state index contributed by atoms with van der Waals surface area (Å²) in [5.41, 5.74) is 13.5. The predicted octanol–water partition coefficient (Wildman–Crippen LogP) is 2.76. The van der Waals surface area contributed by atoms with Gasteiger partial charge in [0, 0.05) is 37.6 Å². The summed E-state index contributed by atoms with van der Waals surface area (Å²) in [5.74, 6) is 0.188. The van der Waals surface area contributed by atoms with Crippen molar-refractivity contribution < 1.29 is 34.3 Å².